The fraction of sp³-hybridized carbons (Fsp3) is 0.727. The van der Waals surface area contributed by atoms with Crippen LogP contribution in [0.4, 0.5) is 114 Å². The normalized spacial score (nSPS) is 15.9. The number of allylic oxidation sites excluding steroid dienone is 1. The fourth-order valence-electron chi connectivity index (χ4n) is 3.29. The minimum Gasteiger partial charge on any atom is -0.478 e. The molecule has 0 bridgehead atoms. The Kier molecular flexibility index (Phi) is 12.7. The van der Waals surface area contributed by atoms with Crippen molar-refractivity contribution in [1.82, 2.24) is 0 Å². The highest BCUT2D eigenvalue weighted by Gasteiger charge is 2.92. The molecule has 4 nitrogen and oxygen atoms in total. The first-order chi connectivity index (χ1) is 22.3. The summed E-state index contributed by atoms with van der Waals surface area (Å²) in [5.41, 5.74) is -4.83. The summed E-state index contributed by atoms with van der Waals surface area (Å²) in [6.45, 7) is 0. The van der Waals surface area contributed by atoms with Crippen molar-refractivity contribution in [1.29, 1.82) is 0 Å². The second-order valence-electron chi connectivity index (χ2n) is 9.82. The Morgan fingerprint density at radius 2 is 0.654 bits per heavy atom. The Morgan fingerprint density at radius 3 is 0.904 bits per heavy atom. The summed E-state index contributed by atoms with van der Waals surface area (Å²) in [5.74, 6) is -85.2. The molecule has 30 heteroatoms. The molecule has 0 saturated carbocycles. The molecule has 0 unspecified atom stereocenters. The molecular weight excluding hydrogens is 822 g/mol. The van der Waals surface area contributed by atoms with Gasteiger partial charge in [-0.2, -0.15) is 114 Å². The van der Waals surface area contributed by atoms with E-state index in [0.29, 0.717) is 5.92 Å². The zero-order valence-electron chi connectivity index (χ0n) is 23.4. The van der Waals surface area contributed by atoms with E-state index in [4.69, 9.17) is 10.2 Å². The molecule has 0 aliphatic heterocycles. The first-order valence-electron chi connectivity index (χ1n) is 11.9. The highest BCUT2D eigenvalue weighted by atomic mass is 19.4. The number of hydrogen-bond acceptors (Lipinski definition) is 2. The van der Waals surface area contributed by atoms with Gasteiger partial charge in [0.2, 0.25) is 0 Å². The lowest BCUT2D eigenvalue weighted by atomic mass is 9.88. The molecule has 304 valence electrons. The molecule has 0 radical (unpaired) electrons. The second kappa shape index (κ2) is 13.7. The lowest BCUT2D eigenvalue weighted by molar-refractivity contribution is -0.440. The van der Waals surface area contributed by atoms with Gasteiger partial charge in [-0.25, -0.2) is 9.59 Å². The summed E-state index contributed by atoms with van der Waals surface area (Å²) in [7, 11) is 0. The molecule has 0 atom stereocenters. The maximum atomic E-state index is 14.2. The minimum absolute atomic E-state index is 0.625. The van der Waals surface area contributed by atoms with Crippen molar-refractivity contribution in [2.45, 2.75) is 97.3 Å². The predicted molar refractivity (Wildman–Crippen MR) is 110 cm³/mol. The van der Waals surface area contributed by atoms with E-state index in [1.807, 2.05) is 0 Å². The van der Waals surface area contributed by atoms with Crippen LogP contribution in [0.1, 0.15) is 25.7 Å². The van der Waals surface area contributed by atoms with E-state index in [2.05, 4.69) is 0 Å². The number of carbonyl (C=O) groups is 2. The van der Waals surface area contributed by atoms with Crippen LogP contribution in [0.15, 0.2) is 11.1 Å². The van der Waals surface area contributed by atoms with Crippen molar-refractivity contribution in [3.63, 3.8) is 0 Å². The van der Waals surface area contributed by atoms with E-state index >= 15 is 0 Å². The number of halogens is 26. The molecule has 0 saturated heterocycles. The Balaban J connectivity index is 7.10. The Labute approximate surface area is 267 Å². The summed E-state index contributed by atoms with van der Waals surface area (Å²) >= 11 is 0. The van der Waals surface area contributed by atoms with E-state index in [1.54, 1.807) is 0 Å². The van der Waals surface area contributed by atoms with E-state index in [0.717, 1.165) is 5.92 Å². The molecule has 0 aromatic rings. The van der Waals surface area contributed by atoms with Crippen LogP contribution in [0.3, 0.4) is 0 Å². The van der Waals surface area contributed by atoms with Crippen molar-refractivity contribution in [2.75, 3.05) is 0 Å². The zero-order valence-corrected chi connectivity index (χ0v) is 23.4. The molecular formula is C22H10F26O4. The largest absolute Gasteiger partial charge is 0.478 e. The zero-order chi connectivity index (χ0) is 42.6. The Hall–Kier alpha value is -3.58. The van der Waals surface area contributed by atoms with Gasteiger partial charge in [-0.1, -0.05) is 5.92 Å². The molecule has 0 spiro atoms. The van der Waals surface area contributed by atoms with E-state index in [-0.39, 0.29) is 0 Å². The van der Waals surface area contributed by atoms with Gasteiger partial charge in [-0.3, -0.25) is 0 Å². The number of carboxylic acids is 2. The van der Waals surface area contributed by atoms with Crippen LogP contribution in [0, 0.1) is 11.8 Å². The molecule has 0 rings (SSSR count). The lowest BCUT2D eigenvalue weighted by Crippen LogP contribution is -2.70. The summed E-state index contributed by atoms with van der Waals surface area (Å²) in [5, 5.41) is 17.5. The van der Waals surface area contributed by atoms with Crippen LogP contribution in [-0.2, 0) is 9.59 Å². The van der Waals surface area contributed by atoms with Crippen LogP contribution in [-0.4, -0.2) is 93.7 Å². The molecule has 0 amide bonds. The highest BCUT2D eigenvalue weighted by molar-refractivity contribution is 5.91. The van der Waals surface area contributed by atoms with Gasteiger partial charge in [0.25, 0.3) is 0 Å². The maximum Gasteiger partial charge on any atom is 0.460 e. The van der Waals surface area contributed by atoms with Gasteiger partial charge in [-0.05, 0) is 12.8 Å². The molecule has 0 heterocycles. The summed E-state index contributed by atoms with van der Waals surface area (Å²) in [4.78, 5) is 22.0. The van der Waals surface area contributed by atoms with Crippen LogP contribution in [0.25, 0.3) is 0 Å². The number of aliphatic carboxylic acids is 2. The first kappa shape index (κ1) is 48.4. The monoisotopic (exact) mass is 832 g/mol. The van der Waals surface area contributed by atoms with Crippen LogP contribution in [0.5, 0.6) is 0 Å². The third-order valence-corrected chi connectivity index (χ3v) is 6.32. The molecule has 0 aliphatic carbocycles. The Bertz CT molecular complexity index is 1440. The standard InChI is InChI=1S/C22H10F26O4/c23-11(24,13(27,28)15(31,32)17(35,36)19(39,40)21(43,44)45)5-3-7(1-2-9(49)50)8(10(51)52)4-6-12(25,26)14(29,30)16(33,34)18(37,38)20(41,42)22(46,47)48/h3-6H2,(H,49,50)(H,51,52). The van der Waals surface area contributed by atoms with Gasteiger partial charge in [-0.15, -0.1) is 0 Å². The topological polar surface area (TPSA) is 74.6 Å². The van der Waals surface area contributed by atoms with E-state index in [1.165, 1.54) is 0 Å². The van der Waals surface area contributed by atoms with Gasteiger partial charge in [0.15, 0.2) is 0 Å². The third-order valence-electron chi connectivity index (χ3n) is 6.32. The SMILES string of the molecule is O=C(O)C#CC(CCC(F)(F)C(F)(F)C(F)(F)C(F)(F)C(F)(F)C(F)(F)F)=C(CCC(F)(F)C(F)(F)C(F)(F)C(F)(F)C(F)(F)C(F)(F)F)C(=O)O. The molecule has 2 N–H and O–H groups in total. The molecule has 0 aromatic carbocycles. The lowest BCUT2D eigenvalue weighted by Gasteiger charge is -2.40. The van der Waals surface area contributed by atoms with Crippen molar-refractivity contribution in [3.8, 4) is 11.8 Å². The summed E-state index contributed by atoms with van der Waals surface area (Å²) < 4.78 is 345. The van der Waals surface area contributed by atoms with Gasteiger partial charge in [0.05, 0.1) is 0 Å². The van der Waals surface area contributed by atoms with Crippen molar-refractivity contribution in [2.24, 2.45) is 0 Å². The smallest absolute Gasteiger partial charge is 0.460 e. The average Bonchev–Trinajstić information content (AvgIpc) is 2.91. The fourth-order valence-corrected chi connectivity index (χ4v) is 3.29. The van der Waals surface area contributed by atoms with Crippen LogP contribution in [0.2, 0.25) is 0 Å². The third kappa shape index (κ3) is 7.71. The summed E-state index contributed by atoms with van der Waals surface area (Å²) in [6, 6.07) is 0. The number of hydrogen-bond donors (Lipinski definition) is 2. The predicted octanol–water partition coefficient (Wildman–Crippen LogP) is 9.49. The average molecular weight is 832 g/mol. The van der Waals surface area contributed by atoms with E-state index in [9.17, 15) is 124 Å². The first-order valence-corrected chi connectivity index (χ1v) is 11.9. The van der Waals surface area contributed by atoms with Gasteiger partial charge in [0, 0.05) is 29.9 Å². The summed E-state index contributed by atoms with van der Waals surface area (Å²) in [6.07, 6.45) is -28.3. The Morgan fingerprint density at radius 1 is 0.385 bits per heavy atom. The van der Waals surface area contributed by atoms with Crippen LogP contribution < -0.4 is 0 Å². The van der Waals surface area contributed by atoms with Gasteiger partial charge in [0.1, 0.15) is 0 Å². The van der Waals surface area contributed by atoms with Crippen molar-refractivity contribution < 1.29 is 134 Å². The van der Waals surface area contributed by atoms with Crippen molar-refractivity contribution in [3.05, 3.63) is 11.1 Å². The molecule has 52 heavy (non-hydrogen) atoms. The van der Waals surface area contributed by atoms with E-state index < -0.39 is 120 Å². The minimum atomic E-state index is -8.48. The molecule has 0 fully saturated rings. The van der Waals surface area contributed by atoms with Crippen LogP contribution >= 0.6 is 0 Å². The number of carboxylic acid groups (broad SMARTS) is 2. The molecule has 0 aliphatic rings. The van der Waals surface area contributed by atoms with Crippen molar-refractivity contribution >= 4 is 11.9 Å². The highest BCUT2D eigenvalue weighted by Crippen LogP contribution is 2.62. The maximum absolute atomic E-state index is 14.2. The molecule has 0 aromatic heterocycles. The van der Waals surface area contributed by atoms with Gasteiger partial charge < -0.3 is 10.2 Å². The number of rotatable bonds is 15. The van der Waals surface area contributed by atoms with Gasteiger partial charge >= 0.3 is 83.5 Å². The number of alkyl halides is 26. The second-order valence-corrected chi connectivity index (χ2v) is 9.82. The quantitative estimate of drug-likeness (QED) is 0.0981.